The molecule has 0 fully saturated rings. The van der Waals surface area contributed by atoms with Crippen LogP contribution in [0.2, 0.25) is 0 Å². The Kier molecular flexibility index (Phi) is 4.62. The molecule has 0 aromatic heterocycles. The number of aliphatic hydroxyl groups is 1. The summed E-state index contributed by atoms with van der Waals surface area (Å²) in [6.07, 6.45) is -0.811. The number of aliphatic hydroxyl groups excluding tert-OH is 1. The van der Waals surface area contributed by atoms with Gasteiger partial charge in [0.05, 0.1) is 11.0 Å². The minimum Gasteiger partial charge on any atom is -0.387 e. The minimum absolute atomic E-state index is 0.0775. The van der Waals surface area contributed by atoms with Crippen molar-refractivity contribution in [3.8, 4) is 0 Å². The third-order valence-electron chi connectivity index (χ3n) is 3.08. The van der Waals surface area contributed by atoms with Crippen molar-refractivity contribution in [2.45, 2.75) is 17.9 Å². The van der Waals surface area contributed by atoms with Gasteiger partial charge < -0.3 is 10.8 Å². The van der Waals surface area contributed by atoms with Crippen LogP contribution in [0.25, 0.3) is 0 Å². The summed E-state index contributed by atoms with van der Waals surface area (Å²) < 4.78 is 27.0. The SMILES string of the molecule is Cc1ccc(S(=O)(=O)Nc2cccc([C@@H](O)CN)c2)cc1. The van der Waals surface area contributed by atoms with Crippen molar-refractivity contribution >= 4 is 15.7 Å². The van der Waals surface area contributed by atoms with Crippen LogP contribution in [0.15, 0.2) is 53.4 Å². The Labute approximate surface area is 124 Å². The van der Waals surface area contributed by atoms with E-state index in [1.165, 1.54) is 0 Å². The van der Waals surface area contributed by atoms with E-state index in [-0.39, 0.29) is 11.4 Å². The minimum atomic E-state index is -3.64. The number of rotatable bonds is 5. The molecule has 4 N–H and O–H groups in total. The first-order valence-corrected chi connectivity index (χ1v) is 7.98. The average molecular weight is 306 g/mol. The molecular formula is C15H18N2O3S. The maximum Gasteiger partial charge on any atom is 0.261 e. The number of hydrogen-bond donors (Lipinski definition) is 3. The van der Waals surface area contributed by atoms with Gasteiger partial charge in [0.25, 0.3) is 10.0 Å². The Balaban J connectivity index is 2.26. The molecule has 0 saturated heterocycles. The van der Waals surface area contributed by atoms with Gasteiger partial charge in [0.15, 0.2) is 0 Å². The van der Waals surface area contributed by atoms with Crippen molar-refractivity contribution in [1.29, 1.82) is 0 Å². The van der Waals surface area contributed by atoms with Gasteiger partial charge in [0.1, 0.15) is 0 Å². The van der Waals surface area contributed by atoms with Gasteiger partial charge in [0.2, 0.25) is 0 Å². The molecule has 0 radical (unpaired) electrons. The molecule has 2 rings (SSSR count). The highest BCUT2D eigenvalue weighted by molar-refractivity contribution is 7.92. The quantitative estimate of drug-likeness (QED) is 0.785. The van der Waals surface area contributed by atoms with Crippen molar-refractivity contribution in [1.82, 2.24) is 0 Å². The summed E-state index contributed by atoms with van der Waals surface area (Å²) in [6, 6.07) is 13.1. The molecule has 0 aliphatic heterocycles. The van der Waals surface area contributed by atoms with Crippen LogP contribution in [0.4, 0.5) is 5.69 Å². The van der Waals surface area contributed by atoms with Crippen molar-refractivity contribution < 1.29 is 13.5 Å². The molecule has 0 spiro atoms. The van der Waals surface area contributed by atoms with Crippen LogP contribution in [0.5, 0.6) is 0 Å². The fourth-order valence-electron chi connectivity index (χ4n) is 1.88. The van der Waals surface area contributed by atoms with E-state index >= 15 is 0 Å². The molecule has 0 unspecified atom stereocenters. The third-order valence-corrected chi connectivity index (χ3v) is 4.48. The lowest BCUT2D eigenvalue weighted by molar-refractivity contribution is 0.187. The van der Waals surface area contributed by atoms with Gasteiger partial charge in [0, 0.05) is 12.2 Å². The normalized spacial score (nSPS) is 12.9. The Morgan fingerprint density at radius 1 is 1.19 bits per heavy atom. The number of benzene rings is 2. The van der Waals surface area contributed by atoms with Gasteiger partial charge in [-0.25, -0.2) is 8.42 Å². The molecule has 0 bridgehead atoms. The highest BCUT2D eigenvalue weighted by Crippen LogP contribution is 2.20. The molecule has 0 aliphatic rings. The van der Waals surface area contributed by atoms with E-state index in [1.807, 2.05) is 6.92 Å². The molecule has 5 nitrogen and oxygen atoms in total. The second-order valence-corrected chi connectivity index (χ2v) is 6.48. The van der Waals surface area contributed by atoms with E-state index in [1.54, 1.807) is 48.5 Å². The van der Waals surface area contributed by atoms with E-state index in [9.17, 15) is 13.5 Å². The summed E-state index contributed by atoms with van der Waals surface area (Å²) in [6.45, 7) is 1.97. The van der Waals surface area contributed by atoms with Crippen LogP contribution in [0.1, 0.15) is 17.2 Å². The number of nitrogens with one attached hydrogen (secondary N) is 1. The molecule has 2 aromatic carbocycles. The van der Waals surface area contributed by atoms with Crippen LogP contribution < -0.4 is 10.5 Å². The fourth-order valence-corrected chi connectivity index (χ4v) is 2.93. The van der Waals surface area contributed by atoms with Crippen LogP contribution in [-0.2, 0) is 10.0 Å². The molecule has 0 amide bonds. The van der Waals surface area contributed by atoms with Gasteiger partial charge in [-0.3, -0.25) is 4.72 Å². The zero-order chi connectivity index (χ0) is 15.5. The molecule has 0 aliphatic carbocycles. The highest BCUT2D eigenvalue weighted by atomic mass is 32.2. The Bertz CT molecular complexity index is 712. The molecule has 2 aromatic rings. The first-order chi connectivity index (χ1) is 9.92. The predicted octanol–water partition coefficient (Wildman–Crippen LogP) is 1.79. The van der Waals surface area contributed by atoms with Gasteiger partial charge in [-0.1, -0.05) is 29.8 Å². The number of aryl methyl sites for hydroxylation is 1. The predicted molar refractivity (Wildman–Crippen MR) is 82.4 cm³/mol. The van der Waals surface area contributed by atoms with Crippen LogP contribution >= 0.6 is 0 Å². The molecule has 6 heteroatoms. The van der Waals surface area contributed by atoms with E-state index in [2.05, 4.69) is 4.72 Å². The first-order valence-electron chi connectivity index (χ1n) is 6.50. The summed E-state index contributed by atoms with van der Waals surface area (Å²) in [5, 5.41) is 9.70. The van der Waals surface area contributed by atoms with Crippen molar-refractivity contribution in [3.05, 3.63) is 59.7 Å². The molecule has 21 heavy (non-hydrogen) atoms. The van der Waals surface area contributed by atoms with Crippen LogP contribution in [0, 0.1) is 6.92 Å². The van der Waals surface area contributed by atoms with Gasteiger partial charge in [-0.15, -0.1) is 0 Å². The second-order valence-electron chi connectivity index (χ2n) is 4.80. The van der Waals surface area contributed by atoms with Gasteiger partial charge in [-0.05, 0) is 36.8 Å². The second kappa shape index (κ2) is 6.26. The van der Waals surface area contributed by atoms with E-state index in [0.29, 0.717) is 11.3 Å². The fraction of sp³-hybridized carbons (Fsp3) is 0.200. The number of sulfonamides is 1. The maximum absolute atomic E-state index is 12.3. The first kappa shape index (κ1) is 15.5. The lowest BCUT2D eigenvalue weighted by Gasteiger charge is -2.12. The number of anilines is 1. The number of nitrogens with two attached hydrogens (primary N) is 1. The molecular weight excluding hydrogens is 288 g/mol. The molecule has 0 heterocycles. The van der Waals surface area contributed by atoms with Crippen molar-refractivity contribution in [2.75, 3.05) is 11.3 Å². The van der Waals surface area contributed by atoms with E-state index in [4.69, 9.17) is 5.73 Å². The largest absolute Gasteiger partial charge is 0.387 e. The summed E-state index contributed by atoms with van der Waals surface area (Å²) in [5.74, 6) is 0. The summed E-state index contributed by atoms with van der Waals surface area (Å²) >= 11 is 0. The zero-order valence-corrected chi connectivity index (χ0v) is 12.5. The highest BCUT2D eigenvalue weighted by Gasteiger charge is 2.14. The van der Waals surface area contributed by atoms with Crippen molar-refractivity contribution in [3.63, 3.8) is 0 Å². The summed E-state index contributed by atoms with van der Waals surface area (Å²) in [4.78, 5) is 0.192. The van der Waals surface area contributed by atoms with E-state index < -0.39 is 16.1 Å². The topological polar surface area (TPSA) is 92.4 Å². The standard InChI is InChI=1S/C15H18N2O3S/c1-11-5-7-14(8-6-11)21(19,20)17-13-4-2-3-12(9-13)15(18)10-16/h2-9,15,17-18H,10,16H2,1H3/t15-/m0/s1. The molecule has 1 atom stereocenters. The lowest BCUT2D eigenvalue weighted by Crippen LogP contribution is -2.14. The summed E-state index contributed by atoms with van der Waals surface area (Å²) in [5.41, 5.74) is 7.35. The Morgan fingerprint density at radius 3 is 2.48 bits per heavy atom. The Hall–Kier alpha value is -1.89. The molecule has 112 valence electrons. The average Bonchev–Trinajstić information content (AvgIpc) is 2.46. The molecule has 0 saturated carbocycles. The Morgan fingerprint density at radius 2 is 1.86 bits per heavy atom. The lowest BCUT2D eigenvalue weighted by atomic mass is 10.1. The van der Waals surface area contributed by atoms with Crippen molar-refractivity contribution in [2.24, 2.45) is 5.73 Å². The third kappa shape index (κ3) is 3.81. The van der Waals surface area contributed by atoms with E-state index in [0.717, 1.165) is 5.56 Å². The summed E-state index contributed by atoms with van der Waals surface area (Å²) in [7, 11) is -3.64. The zero-order valence-electron chi connectivity index (χ0n) is 11.7. The van der Waals surface area contributed by atoms with Gasteiger partial charge >= 0.3 is 0 Å². The monoisotopic (exact) mass is 306 g/mol. The van der Waals surface area contributed by atoms with Crippen LogP contribution in [-0.4, -0.2) is 20.1 Å². The maximum atomic E-state index is 12.3. The smallest absolute Gasteiger partial charge is 0.261 e. The van der Waals surface area contributed by atoms with Gasteiger partial charge in [-0.2, -0.15) is 0 Å². The number of hydrogen-bond acceptors (Lipinski definition) is 4. The van der Waals surface area contributed by atoms with Crippen LogP contribution in [0.3, 0.4) is 0 Å².